The Morgan fingerprint density at radius 2 is 2.36 bits per heavy atom. The molecule has 1 aromatic rings. The highest BCUT2D eigenvalue weighted by atomic mass is 32.1. The van der Waals surface area contributed by atoms with Gasteiger partial charge in [-0.1, -0.05) is 6.07 Å². The normalized spacial score (nSPS) is 13.0. The van der Waals surface area contributed by atoms with Crippen LogP contribution in [0.25, 0.3) is 0 Å². The fourth-order valence-electron chi connectivity index (χ4n) is 1.46. The maximum absolute atomic E-state index is 5.07. The predicted molar refractivity (Wildman–Crippen MR) is 62.0 cm³/mol. The number of thiophene rings is 1. The molecular formula is C11H19NOS. The molecule has 1 unspecified atom stereocenters. The second-order valence-electron chi connectivity index (χ2n) is 3.39. The molecule has 3 heteroatoms. The van der Waals surface area contributed by atoms with Crippen LogP contribution in [0.15, 0.2) is 17.5 Å². The van der Waals surface area contributed by atoms with E-state index in [0.717, 1.165) is 13.0 Å². The number of methoxy groups -OCH3 is 1. The van der Waals surface area contributed by atoms with Crippen LogP contribution in [0.4, 0.5) is 0 Å². The van der Waals surface area contributed by atoms with Crippen molar-refractivity contribution in [2.45, 2.75) is 25.3 Å². The molecule has 0 amide bonds. The van der Waals surface area contributed by atoms with Crippen LogP contribution in [0, 0.1) is 0 Å². The van der Waals surface area contributed by atoms with Crippen LogP contribution in [-0.4, -0.2) is 26.8 Å². The Hall–Kier alpha value is -0.380. The Labute approximate surface area is 90.3 Å². The summed E-state index contributed by atoms with van der Waals surface area (Å²) in [4.78, 5) is 1.47. The summed E-state index contributed by atoms with van der Waals surface area (Å²) in [6.45, 7) is 0.843. The van der Waals surface area contributed by atoms with Gasteiger partial charge in [-0.2, -0.15) is 0 Å². The maximum Gasteiger partial charge on any atom is 0.0477 e. The van der Waals surface area contributed by atoms with Gasteiger partial charge in [0, 0.05) is 24.6 Å². The summed E-state index contributed by atoms with van der Waals surface area (Å²) >= 11 is 1.84. The molecule has 0 aliphatic rings. The highest BCUT2D eigenvalue weighted by Crippen LogP contribution is 2.12. The summed E-state index contributed by atoms with van der Waals surface area (Å²) in [7, 11) is 3.78. The van der Waals surface area contributed by atoms with Crippen LogP contribution in [0.1, 0.15) is 17.7 Å². The molecule has 80 valence electrons. The zero-order chi connectivity index (χ0) is 10.2. The van der Waals surface area contributed by atoms with Gasteiger partial charge in [0.15, 0.2) is 0 Å². The Morgan fingerprint density at radius 3 is 2.93 bits per heavy atom. The molecule has 0 saturated heterocycles. The zero-order valence-corrected chi connectivity index (χ0v) is 9.77. The summed E-state index contributed by atoms with van der Waals surface area (Å²) in [6.07, 6.45) is 3.46. The van der Waals surface area contributed by atoms with Crippen molar-refractivity contribution in [3.63, 3.8) is 0 Å². The topological polar surface area (TPSA) is 21.3 Å². The molecule has 14 heavy (non-hydrogen) atoms. The lowest BCUT2D eigenvalue weighted by atomic mass is 10.1. The average Bonchev–Trinajstić information content (AvgIpc) is 2.71. The monoisotopic (exact) mass is 213 g/mol. The van der Waals surface area contributed by atoms with Crippen LogP contribution in [0.5, 0.6) is 0 Å². The number of hydrogen-bond acceptors (Lipinski definition) is 3. The van der Waals surface area contributed by atoms with E-state index < -0.39 is 0 Å². The maximum atomic E-state index is 5.07. The fraction of sp³-hybridized carbons (Fsp3) is 0.636. The summed E-state index contributed by atoms with van der Waals surface area (Å²) in [5.74, 6) is 0. The first-order valence-electron chi connectivity index (χ1n) is 5.05. The first-order chi connectivity index (χ1) is 6.86. The molecular weight excluding hydrogens is 194 g/mol. The van der Waals surface area contributed by atoms with E-state index in [1.54, 1.807) is 7.11 Å². The van der Waals surface area contributed by atoms with Gasteiger partial charge < -0.3 is 10.1 Å². The van der Waals surface area contributed by atoms with Crippen molar-refractivity contribution < 1.29 is 4.74 Å². The molecule has 0 bridgehead atoms. The van der Waals surface area contributed by atoms with E-state index in [-0.39, 0.29) is 0 Å². The van der Waals surface area contributed by atoms with Gasteiger partial charge in [0.1, 0.15) is 0 Å². The third kappa shape index (κ3) is 4.22. The molecule has 0 aliphatic carbocycles. The van der Waals surface area contributed by atoms with Gasteiger partial charge in [0.2, 0.25) is 0 Å². The molecule has 1 heterocycles. The standard InChI is InChI=1S/C11H19NOS/c1-12-10(7-8-13-2)5-6-11-4-3-9-14-11/h3-4,9-10,12H,5-8H2,1-2H3. The van der Waals surface area contributed by atoms with Crippen molar-refractivity contribution in [1.29, 1.82) is 0 Å². The summed E-state index contributed by atoms with van der Waals surface area (Å²) in [6, 6.07) is 4.90. The van der Waals surface area contributed by atoms with Gasteiger partial charge in [0.05, 0.1) is 0 Å². The number of ether oxygens (including phenoxy) is 1. The van der Waals surface area contributed by atoms with E-state index in [4.69, 9.17) is 4.74 Å². The number of nitrogens with one attached hydrogen (secondary N) is 1. The molecule has 2 nitrogen and oxygen atoms in total. The van der Waals surface area contributed by atoms with Crippen LogP contribution in [0.3, 0.4) is 0 Å². The van der Waals surface area contributed by atoms with Crippen LogP contribution in [0.2, 0.25) is 0 Å². The summed E-state index contributed by atoms with van der Waals surface area (Å²) in [5, 5.41) is 5.46. The van der Waals surface area contributed by atoms with Gasteiger partial charge in [-0.05, 0) is 37.8 Å². The smallest absolute Gasteiger partial charge is 0.0477 e. The third-order valence-electron chi connectivity index (χ3n) is 2.40. The molecule has 1 rings (SSSR count). The Kier molecular flexibility index (Phi) is 5.83. The number of rotatable bonds is 7. The Morgan fingerprint density at radius 1 is 1.50 bits per heavy atom. The first kappa shape index (κ1) is 11.7. The third-order valence-corrected chi connectivity index (χ3v) is 3.33. The lowest BCUT2D eigenvalue weighted by Gasteiger charge is -2.14. The van der Waals surface area contributed by atoms with Crippen molar-refractivity contribution in [1.82, 2.24) is 5.32 Å². The van der Waals surface area contributed by atoms with Crippen LogP contribution < -0.4 is 5.32 Å². The molecule has 0 radical (unpaired) electrons. The lowest BCUT2D eigenvalue weighted by molar-refractivity contribution is 0.182. The van der Waals surface area contributed by atoms with Crippen LogP contribution in [-0.2, 0) is 11.2 Å². The van der Waals surface area contributed by atoms with Crippen molar-refractivity contribution in [3.05, 3.63) is 22.4 Å². The molecule has 0 saturated carbocycles. The van der Waals surface area contributed by atoms with E-state index in [0.29, 0.717) is 6.04 Å². The van der Waals surface area contributed by atoms with Gasteiger partial charge in [-0.25, -0.2) is 0 Å². The molecule has 0 aliphatic heterocycles. The molecule has 0 fully saturated rings. The SMILES string of the molecule is CNC(CCOC)CCc1cccs1. The largest absolute Gasteiger partial charge is 0.385 e. The quantitative estimate of drug-likeness (QED) is 0.750. The highest BCUT2D eigenvalue weighted by molar-refractivity contribution is 7.09. The minimum Gasteiger partial charge on any atom is -0.385 e. The van der Waals surface area contributed by atoms with Gasteiger partial charge in [0.25, 0.3) is 0 Å². The van der Waals surface area contributed by atoms with Crippen molar-refractivity contribution in [3.8, 4) is 0 Å². The zero-order valence-electron chi connectivity index (χ0n) is 8.95. The highest BCUT2D eigenvalue weighted by Gasteiger charge is 2.05. The predicted octanol–water partition coefficient (Wildman–Crippen LogP) is 2.31. The van der Waals surface area contributed by atoms with E-state index in [2.05, 4.69) is 22.8 Å². The Bertz CT molecular complexity index is 223. The van der Waals surface area contributed by atoms with Crippen molar-refractivity contribution in [2.24, 2.45) is 0 Å². The second-order valence-corrected chi connectivity index (χ2v) is 4.42. The van der Waals surface area contributed by atoms with Gasteiger partial charge >= 0.3 is 0 Å². The molecule has 1 aromatic heterocycles. The molecule has 0 aromatic carbocycles. The average molecular weight is 213 g/mol. The van der Waals surface area contributed by atoms with Gasteiger partial charge in [-0.3, -0.25) is 0 Å². The van der Waals surface area contributed by atoms with Gasteiger partial charge in [-0.15, -0.1) is 11.3 Å². The minimum atomic E-state index is 0.581. The molecule has 0 spiro atoms. The Balaban J connectivity index is 2.20. The van der Waals surface area contributed by atoms with E-state index >= 15 is 0 Å². The first-order valence-corrected chi connectivity index (χ1v) is 5.93. The molecule has 1 N–H and O–H groups in total. The summed E-state index contributed by atoms with van der Waals surface area (Å²) in [5.41, 5.74) is 0. The van der Waals surface area contributed by atoms with Crippen LogP contribution >= 0.6 is 11.3 Å². The van der Waals surface area contributed by atoms with E-state index in [9.17, 15) is 0 Å². The second kappa shape index (κ2) is 6.98. The van der Waals surface area contributed by atoms with Crippen molar-refractivity contribution >= 4 is 11.3 Å². The number of aryl methyl sites for hydroxylation is 1. The summed E-state index contributed by atoms with van der Waals surface area (Å²) < 4.78 is 5.07. The molecule has 1 atom stereocenters. The van der Waals surface area contributed by atoms with E-state index in [1.165, 1.54) is 17.7 Å². The lowest BCUT2D eigenvalue weighted by Crippen LogP contribution is -2.27. The fourth-order valence-corrected chi connectivity index (χ4v) is 2.19. The van der Waals surface area contributed by atoms with E-state index in [1.807, 2.05) is 18.4 Å². The van der Waals surface area contributed by atoms with Crippen molar-refractivity contribution in [2.75, 3.05) is 20.8 Å². The number of hydrogen-bond donors (Lipinski definition) is 1. The minimum absolute atomic E-state index is 0.581.